The zero-order valence-electron chi connectivity index (χ0n) is 18.2. The molecule has 0 bridgehead atoms. The van der Waals surface area contributed by atoms with E-state index < -0.39 is 0 Å². The molecule has 0 atom stereocenters. The minimum atomic E-state index is -0.0497. The van der Waals surface area contributed by atoms with Crippen LogP contribution in [0.1, 0.15) is 44.7 Å². The van der Waals surface area contributed by atoms with E-state index >= 15 is 0 Å². The summed E-state index contributed by atoms with van der Waals surface area (Å²) in [6.07, 6.45) is 4.96. The average Bonchev–Trinajstić information content (AvgIpc) is 2.84. The topological polar surface area (TPSA) is 71.5 Å². The molecule has 32 heavy (non-hydrogen) atoms. The van der Waals surface area contributed by atoms with E-state index in [4.69, 9.17) is 4.74 Å². The summed E-state index contributed by atoms with van der Waals surface area (Å²) in [5, 5.41) is 3.11. The SMILES string of the molecule is Cc1ccccc1C(=O)NC1CCN(C(=O)c2cccc(OCc3cccnc3)c2)CC1. The maximum atomic E-state index is 13.0. The second-order valence-electron chi connectivity index (χ2n) is 8.03. The van der Waals surface area contributed by atoms with Crippen molar-refractivity contribution in [2.45, 2.75) is 32.4 Å². The van der Waals surface area contributed by atoms with Crippen LogP contribution in [0.5, 0.6) is 5.75 Å². The molecular weight excluding hydrogens is 402 g/mol. The highest BCUT2D eigenvalue weighted by Gasteiger charge is 2.25. The first-order valence-electron chi connectivity index (χ1n) is 10.9. The van der Waals surface area contributed by atoms with Gasteiger partial charge in [-0.25, -0.2) is 0 Å². The summed E-state index contributed by atoms with van der Waals surface area (Å²) in [5.74, 6) is 0.590. The van der Waals surface area contributed by atoms with Gasteiger partial charge in [-0.2, -0.15) is 0 Å². The molecule has 2 heterocycles. The molecule has 1 aliphatic heterocycles. The van der Waals surface area contributed by atoms with Gasteiger partial charge in [0.15, 0.2) is 0 Å². The Hall–Kier alpha value is -3.67. The van der Waals surface area contributed by atoms with Crippen molar-refractivity contribution < 1.29 is 14.3 Å². The molecule has 0 saturated carbocycles. The Morgan fingerprint density at radius 1 is 1.06 bits per heavy atom. The molecule has 4 rings (SSSR count). The van der Waals surface area contributed by atoms with Crippen LogP contribution in [0, 0.1) is 6.92 Å². The van der Waals surface area contributed by atoms with E-state index in [0.717, 1.165) is 24.0 Å². The molecule has 1 saturated heterocycles. The van der Waals surface area contributed by atoms with Crippen molar-refractivity contribution in [1.82, 2.24) is 15.2 Å². The largest absolute Gasteiger partial charge is 0.489 e. The Kier molecular flexibility index (Phi) is 6.80. The van der Waals surface area contributed by atoms with Crippen molar-refractivity contribution in [3.63, 3.8) is 0 Å². The first-order chi connectivity index (χ1) is 15.6. The van der Waals surface area contributed by atoms with Crippen molar-refractivity contribution >= 4 is 11.8 Å². The molecule has 0 radical (unpaired) electrons. The molecule has 2 aromatic carbocycles. The maximum Gasteiger partial charge on any atom is 0.253 e. The number of amides is 2. The Labute approximate surface area is 188 Å². The highest BCUT2D eigenvalue weighted by Crippen LogP contribution is 2.19. The molecule has 164 valence electrons. The van der Waals surface area contributed by atoms with Gasteiger partial charge in [-0.1, -0.05) is 30.3 Å². The molecule has 1 aromatic heterocycles. The third kappa shape index (κ3) is 5.32. The molecule has 1 aliphatic rings. The Morgan fingerprint density at radius 2 is 1.88 bits per heavy atom. The third-order valence-electron chi connectivity index (χ3n) is 5.72. The summed E-state index contributed by atoms with van der Waals surface area (Å²) in [6.45, 7) is 3.55. The minimum absolute atomic E-state index is 0.0134. The van der Waals surface area contributed by atoms with E-state index in [1.807, 2.05) is 66.4 Å². The number of nitrogens with one attached hydrogen (secondary N) is 1. The van der Waals surface area contributed by atoms with Crippen molar-refractivity contribution in [2.24, 2.45) is 0 Å². The average molecular weight is 430 g/mol. The van der Waals surface area contributed by atoms with E-state index in [1.165, 1.54) is 0 Å². The van der Waals surface area contributed by atoms with Gasteiger partial charge in [0.05, 0.1) is 0 Å². The minimum Gasteiger partial charge on any atom is -0.489 e. The fraction of sp³-hybridized carbons (Fsp3) is 0.269. The van der Waals surface area contributed by atoms with Gasteiger partial charge in [0, 0.05) is 48.2 Å². The number of piperidine rings is 1. The van der Waals surface area contributed by atoms with Crippen LogP contribution in [0.3, 0.4) is 0 Å². The molecule has 6 nitrogen and oxygen atoms in total. The second kappa shape index (κ2) is 10.1. The molecule has 1 fully saturated rings. The summed E-state index contributed by atoms with van der Waals surface area (Å²) >= 11 is 0. The van der Waals surface area contributed by atoms with Gasteiger partial charge in [0.25, 0.3) is 11.8 Å². The Balaban J connectivity index is 1.30. The smallest absolute Gasteiger partial charge is 0.253 e. The highest BCUT2D eigenvalue weighted by atomic mass is 16.5. The molecule has 2 amide bonds. The number of likely N-dealkylation sites (tertiary alicyclic amines) is 1. The molecule has 0 spiro atoms. The van der Waals surface area contributed by atoms with E-state index in [-0.39, 0.29) is 17.9 Å². The van der Waals surface area contributed by atoms with Gasteiger partial charge in [-0.15, -0.1) is 0 Å². The first kappa shape index (κ1) is 21.6. The van der Waals surface area contributed by atoms with Crippen molar-refractivity contribution in [2.75, 3.05) is 13.1 Å². The van der Waals surface area contributed by atoms with Gasteiger partial charge < -0.3 is 15.0 Å². The maximum absolute atomic E-state index is 13.0. The van der Waals surface area contributed by atoms with Crippen molar-refractivity contribution in [3.05, 3.63) is 95.3 Å². The van der Waals surface area contributed by atoms with Gasteiger partial charge >= 0.3 is 0 Å². The fourth-order valence-electron chi connectivity index (χ4n) is 3.87. The third-order valence-corrected chi connectivity index (χ3v) is 5.72. The number of carbonyl (C=O) groups excluding carboxylic acids is 2. The number of nitrogens with zero attached hydrogens (tertiary/aromatic N) is 2. The Bertz CT molecular complexity index is 1080. The molecule has 6 heteroatoms. The van der Waals surface area contributed by atoms with E-state index in [1.54, 1.807) is 18.5 Å². The van der Waals surface area contributed by atoms with E-state index in [2.05, 4.69) is 10.3 Å². The number of hydrogen-bond donors (Lipinski definition) is 1. The molecule has 1 N–H and O–H groups in total. The van der Waals surface area contributed by atoms with Gasteiger partial charge in [0.1, 0.15) is 12.4 Å². The fourth-order valence-corrected chi connectivity index (χ4v) is 3.87. The summed E-state index contributed by atoms with van der Waals surface area (Å²) in [5.41, 5.74) is 3.24. The second-order valence-corrected chi connectivity index (χ2v) is 8.03. The molecule has 0 unspecified atom stereocenters. The van der Waals surface area contributed by atoms with Crippen LogP contribution in [0.2, 0.25) is 0 Å². The summed E-state index contributed by atoms with van der Waals surface area (Å²) in [7, 11) is 0. The molecule has 0 aliphatic carbocycles. The van der Waals surface area contributed by atoms with Crippen LogP contribution in [0.25, 0.3) is 0 Å². The number of pyridine rings is 1. The summed E-state index contributed by atoms with van der Waals surface area (Å²) < 4.78 is 5.82. The van der Waals surface area contributed by atoms with Crippen LogP contribution in [0.4, 0.5) is 0 Å². The van der Waals surface area contributed by atoms with Gasteiger partial charge in [-0.05, 0) is 55.7 Å². The normalized spacial score (nSPS) is 14.1. The van der Waals surface area contributed by atoms with Crippen molar-refractivity contribution in [1.29, 1.82) is 0 Å². The van der Waals surface area contributed by atoms with Crippen LogP contribution in [-0.4, -0.2) is 40.8 Å². The number of hydrogen-bond acceptors (Lipinski definition) is 4. The lowest BCUT2D eigenvalue weighted by Gasteiger charge is -2.32. The number of aryl methyl sites for hydroxylation is 1. The van der Waals surface area contributed by atoms with Crippen LogP contribution >= 0.6 is 0 Å². The lowest BCUT2D eigenvalue weighted by Crippen LogP contribution is -2.46. The first-order valence-corrected chi connectivity index (χ1v) is 10.9. The number of rotatable bonds is 6. The number of benzene rings is 2. The number of carbonyl (C=O) groups is 2. The van der Waals surface area contributed by atoms with E-state index in [0.29, 0.717) is 36.6 Å². The number of ether oxygens (including phenoxy) is 1. The van der Waals surface area contributed by atoms with Crippen molar-refractivity contribution in [3.8, 4) is 5.75 Å². The predicted octanol–water partition coefficient (Wildman–Crippen LogP) is 4.00. The number of aromatic nitrogens is 1. The summed E-state index contributed by atoms with van der Waals surface area (Å²) in [6, 6.07) is 18.7. The lowest BCUT2D eigenvalue weighted by atomic mass is 10.0. The zero-order chi connectivity index (χ0) is 22.3. The van der Waals surface area contributed by atoms with Crippen LogP contribution in [-0.2, 0) is 6.61 Å². The standard InChI is InChI=1S/C26H27N3O3/c1-19-6-2-3-10-24(19)25(30)28-22-11-14-29(15-12-22)26(31)21-8-4-9-23(16-21)32-18-20-7-5-13-27-17-20/h2-10,13,16-17,22H,11-12,14-15,18H2,1H3,(H,28,30). The zero-order valence-corrected chi connectivity index (χ0v) is 18.2. The quantitative estimate of drug-likeness (QED) is 0.643. The Morgan fingerprint density at radius 3 is 2.62 bits per heavy atom. The van der Waals surface area contributed by atoms with Gasteiger partial charge in [0.2, 0.25) is 0 Å². The lowest BCUT2D eigenvalue weighted by molar-refractivity contribution is 0.0697. The molecular formula is C26H27N3O3. The van der Waals surface area contributed by atoms with Gasteiger partial charge in [-0.3, -0.25) is 14.6 Å². The monoisotopic (exact) mass is 429 g/mol. The predicted molar refractivity (Wildman–Crippen MR) is 123 cm³/mol. The highest BCUT2D eigenvalue weighted by molar-refractivity contribution is 5.96. The summed E-state index contributed by atoms with van der Waals surface area (Å²) in [4.78, 5) is 31.5. The molecule has 3 aromatic rings. The van der Waals surface area contributed by atoms with Crippen LogP contribution < -0.4 is 10.1 Å². The van der Waals surface area contributed by atoms with Crippen LogP contribution in [0.15, 0.2) is 73.1 Å². The van der Waals surface area contributed by atoms with E-state index in [9.17, 15) is 9.59 Å².